The quantitative estimate of drug-likeness (QED) is 0.837. The van der Waals surface area contributed by atoms with Crippen molar-refractivity contribution in [3.05, 3.63) is 64.1 Å². The fourth-order valence-electron chi connectivity index (χ4n) is 3.03. The number of halogens is 1. The summed E-state index contributed by atoms with van der Waals surface area (Å²) in [5, 5.41) is 13.2. The maximum atomic E-state index is 9.55. The number of nitrogens with one attached hydrogen (secondary N) is 1. The molecule has 1 saturated carbocycles. The van der Waals surface area contributed by atoms with Gasteiger partial charge in [0.05, 0.1) is 0 Å². The number of phenols is 1. The highest BCUT2D eigenvalue weighted by molar-refractivity contribution is 9.10. The normalized spacial score (nSPS) is 22.6. The maximum Gasteiger partial charge on any atom is 0.115 e. The second-order valence-electron chi connectivity index (χ2n) is 5.90. The summed E-state index contributed by atoms with van der Waals surface area (Å²) >= 11 is 3.54. The molecule has 21 heavy (non-hydrogen) atoms. The summed E-state index contributed by atoms with van der Waals surface area (Å²) < 4.78 is 1.16. The number of aromatic hydroxyl groups is 1. The third-order valence-corrected chi connectivity index (χ3v) is 4.81. The molecule has 1 aliphatic rings. The van der Waals surface area contributed by atoms with E-state index in [1.807, 2.05) is 12.1 Å². The minimum absolute atomic E-state index is 0.269. The van der Waals surface area contributed by atoms with Gasteiger partial charge < -0.3 is 10.4 Å². The van der Waals surface area contributed by atoms with Crippen LogP contribution in [0.5, 0.6) is 5.75 Å². The van der Waals surface area contributed by atoms with Crippen molar-refractivity contribution in [2.75, 3.05) is 0 Å². The van der Waals surface area contributed by atoms with Gasteiger partial charge in [0.15, 0.2) is 0 Å². The Labute approximate surface area is 134 Å². The summed E-state index contributed by atoms with van der Waals surface area (Å²) in [4.78, 5) is 0. The lowest BCUT2D eigenvalue weighted by Gasteiger charge is -2.38. The number of benzene rings is 2. The van der Waals surface area contributed by atoms with E-state index in [4.69, 9.17) is 0 Å². The molecular weight excluding hydrogens is 326 g/mol. The predicted molar refractivity (Wildman–Crippen MR) is 89.6 cm³/mol. The second kappa shape index (κ2) is 6.20. The Morgan fingerprint density at radius 1 is 1.14 bits per heavy atom. The van der Waals surface area contributed by atoms with Crippen LogP contribution in [0.2, 0.25) is 0 Å². The first-order chi connectivity index (χ1) is 10.1. The van der Waals surface area contributed by atoms with Crippen molar-refractivity contribution in [2.24, 2.45) is 0 Å². The van der Waals surface area contributed by atoms with Crippen molar-refractivity contribution >= 4 is 15.9 Å². The molecule has 0 aromatic heterocycles. The van der Waals surface area contributed by atoms with Crippen molar-refractivity contribution < 1.29 is 5.11 Å². The Bertz CT molecular complexity index is 622. The Morgan fingerprint density at radius 2 is 1.90 bits per heavy atom. The summed E-state index contributed by atoms with van der Waals surface area (Å²) in [5.41, 5.74) is 2.56. The molecule has 2 nitrogen and oxygen atoms in total. The summed E-state index contributed by atoms with van der Waals surface area (Å²) in [6, 6.07) is 16.9. The maximum absolute atomic E-state index is 9.55. The van der Waals surface area contributed by atoms with E-state index in [9.17, 15) is 5.11 Å². The van der Waals surface area contributed by atoms with E-state index in [-0.39, 0.29) is 6.04 Å². The van der Waals surface area contributed by atoms with Gasteiger partial charge in [-0.25, -0.2) is 0 Å². The lowest BCUT2D eigenvalue weighted by molar-refractivity contribution is 0.270. The number of rotatable bonds is 4. The zero-order chi connectivity index (χ0) is 14.8. The third-order valence-electron chi connectivity index (χ3n) is 4.31. The van der Waals surface area contributed by atoms with Crippen LogP contribution in [0.25, 0.3) is 0 Å². The highest BCUT2D eigenvalue weighted by Crippen LogP contribution is 2.38. The van der Waals surface area contributed by atoms with E-state index in [1.54, 1.807) is 6.07 Å². The van der Waals surface area contributed by atoms with Crippen LogP contribution < -0.4 is 5.32 Å². The number of phenolic OH excluding ortho intramolecular Hbond substituents is 1. The Kier molecular flexibility index (Phi) is 4.32. The van der Waals surface area contributed by atoms with Gasteiger partial charge in [0.2, 0.25) is 0 Å². The minimum atomic E-state index is 0.269. The van der Waals surface area contributed by atoms with Crippen molar-refractivity contribution in [1.29, 1.82) is 0 Å². The third kappa shape index (κ3) is 3.47. The van der Waals surface area contributed by atoms with Crippen LogP contribution in [-0.4, -0.2) is 11.1 Å². The SMILES string of the molecule is CC(NC1CC(c2cccc(Br)c2)C1)c1cccc(O)c1. The zero-order valence-corrected chi connectivity index (χ0v) is 13.7. The van der Waals surface area contributed by atoms with Crippen LogP contribution in [0.3, 0.4) is 0 Å². The fourth-order valence-corrected chi connectivity index (χ4v) is 3.45. The van der Waals surface area contributed by atoms with E-state index >= 15 is 0 Å². The summed E-state index contributed by atoms with van der Waals surface area (Å²) in [7, 11) is 0. The van der Waals surface area contributed by atoms with Crippen LogP contribution in [0, 0.1) is 0 Å². The van der Waals surface area contributed by atoms with Crippen molar-refractivity contribution in [3.63, 3.8) is 0 Å². The Hall–Kier alpha value is -1.32. The van der Waals surface area contributed by atoms with Gasteiger partial charge in [-0.2, -0.15) is 0 Å². The van der Waals surface area contributed by atoms with Gasteiger partial charge in [-0.05, 0) is 61.1 Å². The van der Waals surface area contributed by atoms with Gasteiger partial charge in [-0.1, -0.05) is 40.2 Å². The first-order valence-corrected chi connectivity index (χ1v) is 8.21. The second-order valence-corrected chi connectivity index (χ2v) is 6.82. The highest BCUT2D eigenvalue weighted by atomic mass is 79.9. The molecule has 1 aliphatic carbocycles. The Morgan fingerprint density at radius 3 is 2.62 bits per heavy atom. The van der Waals surface area contributed by atoms with Crippen molar-refractivity contribution in [3.8, 4) is 5.75 Å². The van der Waals surface area contributed by atoms with E-state index in [0.29, 0.717) is 17.7 Å². The molecule has 0 heterocycles. The zero-order valence-electron chi connectivity index (χ0n) is 12.1. The molecule has 2 N–H and O–H groups in total. The van der Waals surface area contributed by atoms with Gasteiger partial charge in [-0.15, -0.1) is 0 Å². The molecule has 2 aromatic rings. The molecule has 1 atom stereocenters. The van der Waals surface area contributed by atoms with Crippen LogP contribution in [0.4, 0.5) is 0 Å². The fraction of sp³-hybridized carbons (Fsp3) is 0.333. The van der Waals surface area contributed by atoms with E-state index in [2.05, 4.69) is 58.5 Å². The van der Waals surface area contributed by atoms with E-state index < -0.39 is 0 Å². The summed E-state index contributed by atoms with van der Waals surface area (Å²) in [6.45, 7) is 2.15. The molecule has 2 aromatic carbocycles. The molecule has 3 rings (SSSR count). The smallest absolute Gasteiger partial charge is 0.115 e. The van der Waals surface area contributed by atoms with Crippen molar-refractivity contribution in [1.82, 2.24) is 5.32 Å². The average Bonchev–Trinajstić information content (AvgIpc) is 2.42. The van der Waals surface area contributed by atoms with Crippen LogP contribution in [0.1, 0.15) is 42.9 Å². The summed E-state index contributed by atoms with van der Waals surface area (Å²) in [6.07, 6.45) is 2.36. The Balaban J connectivity index is 1.55. The molecule has 0 spiro atoms. The molecule has 1 fully saturated rings. The molecule has 0 amide bonds. The number of hydrogen-bond donors (Lipinski definition) is 2. The molecule has 0 bridgehead atoms. The molecule has 110 valence electrons. The monoisotopic (exact) mass is 345 g/mol. The minimum Gasteiger partial charge on any atom is -0.508 e. The average molecular weight is 346 g/mol. The predicted octanol–water partition coefficient (Wildman–Crippen LogP) is 4.75. The summed E-state index contributed by atoms with van der Waals surface area (Å²) in [5.74, 6) is 0.998. The van der Waals surface area contributed by atoms with Crippen molar-refractivity contribution in [2.45, 2.75) is 37.8 Å². The first-order valence-electron chi connectivity index (χ1n) is 7.42. The van der Waals surface area contributed by atoms with Gasteiger partial charge in [0.25, 0.3) is 0 Å². The molecule has 3 heteroatoms. The van der Waals surface area contributed by atoms with Gasteiger partial charge >= 0.3 is 0 Å². The number of hydrogen-bond acceptors (Lipinski definition) is 2. The van der Waals surface area contributed by atoms with Gasteiger partial charge in [0, 0.05) is 16.6 Å². The lowest BCUT2D eigenvalue weighted by Crippen LogP contribution is -2.41. The molecule has 0 saturated heterocycles. The van der Waals surface area contributed by atoms with E-state index in [1.165, 1.54) is 18.4 Å². The molecule has 0 aliphatic heterocycles. The molecule has 0 radical (unpaired) electrons. The topological polar surface area (TPSA) is 32.3 Å². The van der Waals surface area contributed by atoms with Crippen LogP contribution in [0.15, 0.2) is 53.0 Å². The highest BCUT2D eigenvalue weighted by Gasteiger charge is 2.31. The lowest BCUT2D eigenvalue weighted by atomic mass is 9.75. The largest absolute Gasteiger partial charge is 0.508 e. The van der Waals surface area contributed by atoms with Gasteiger partial charge in [-0.3, -0.25) is 0 Å². The molecular formula is C18H20BrNO. The standard InChI is InChI=1S/C18H20BrNO/c1-12(13-4-3-7-18(21)11-13)20-17-9-15(10-17)14-5-2-6-16(19)8-14/h2-8,11-12,15,17,20-21H,9-10H2,1H3. The first kappa shape index (κ1) is 14.6. The van der Waals surface area contributed by atoms with Gasteiger partial charge in [0.1, 0.15) is 5.75 Å². The van der Waals surface area contributed by atoms with Crippen LogP contribution in [-0.2, 0) is 0 Å². The van der Waals surface area contributed by atoms with E-state index in [0.717, 1.165) is 10.0 Å². The molecule has 1 unspecified atom stereocenters. The van der Waals surface area contributed by atoms with Crippen LogP contribution >= 0.6 is 15.9 Å².